The number of rotatable bonds is 7. The van der Waals surface area contributed by atoms with E-state index in [4.69, 9.17) is 16.3 Å². The first-order valence-electron chi connectivity index (χ1n) is 7.42. The summed E-state index contributed by atoms with van der Waals surface area (Å²) in [5, 5.41) is 14.7. The first-order valence-corrected chi connectivity index (χ1v) is 8.62. The number of hydrogen-bond donors (Lipinski definition) is 1. The van der Waals surface area contributed by atoms with Gasteiger partial charge in [0.25, 0.3) is 11.6 Å². The highest BCUT2D eigenvalue weighted by atomic mass is 35.5. The fourth-order valence-electron chi connectivity index (χ4n) is 2.12. The van der Waals surface area contributed by atoms with Crippen molar-refractivity contribution in [1.82, 2.24) is 5.32 Å². The summed E-state index contributed by atoms with van der Waals surface area (Å²) in [7, 11) is 1.54. The van der Waals surface area contributed by atoms with Crippen LogP contribution in [0.1, 0.15) is 17.3 Å². The van der Waals surface area contributed by atoms with Gasteiger partial charge in [-0.1, -0.05) is 23.4 Å². The third kappa shape index (κ3) is 5.45. The Kier molecular flexibility index (Phi) is 6.81. The molecule has 0 spiro atoms. The van der Waals surface area contributed by atoms with Gasteiger partial charge in [-0.05, 0) is 43.3 Å². The molecular weight excluding hydrogens is 364 g/mol. The lowest BCUT2D eigenvalue weighted by Crippen LogP contribution is -2.35. The van der Waals surface area contributed by atoms with Gasteiger partial charge in [0.15, 0.2) is 0 Å². The zero-order valence-electron chi connectivity index (χ0n) is 13.7. The summed E-state index contributed by atoms with van der Waals surface area (Å²) in [5.74, 6) is -0.379. The number of benzene rings is 2. The van der Waals surface area contributed by atoms with Crippen LogP contribution in [0.5, 0.6) is 0 Å². The quantitative estimate of drug-likeness (QED) is 0.576. The van der Waals surface area contributed by atoms with E-state index in [0.717, 1.165) is 4.90 Å². The van der Waals surface area contributed by atoms with Crippen molar-refractivity contribution in [3.8, 4) is 0 Å². The average molecular weight is 381 g/mol. The van der Waals surface area contributed by atoms with E-state index in [1.807, 2.05) is 0 Å². The molecule has 1 atom stereocenters. The molecule has 0 heterocycles. The molecule has 2 rings (SSSR count). The van der Waals surface area contributed by atoms with E-state index in [9.17, 15) is 14.9 Å². The fraction of sp³-hybridized carbons (Fsp3) is 0.235. The van der Waals surface area contributed by atoms with Gasteiger partial charge in [0, 0.05) is 34.7 Å². The van der Waals surface area contributed by atoms with E-state index in [0.29, 0.717) is 16.5 Å². The van der Waals surface area contributed by atoms with Crippen molar-refractivity contribution in [2.75, 3.05) is 13.7 Å². The molecule has 0 aliphatic rings. The largest absolute Gasteiger partial charge is 0.383 e. The Hall–Kier alpha value is -2.09. The number of carbonyl (C=O) groups excluding carboxylic acids is 1. The molecule has 6 nitrogen and oxygen atoms in total. The summed E-state index contributed by atoms with van der Waals surface area (Å²) in [5.41, 5.74) is 0.113. The maximum atomic E-state index is 12.2. The monoisotopic (exact) mass is 380 g/mol. The molecule has 1 unspecified atom stereocenters. The normalized spacial score (nSPS) is 11.8. The number of methoxy groups -OCH3 is 1. The minimum Gasteiger partial charge on any atom is -0.383 e. The molecule has 8 heteroatoms. The van der Waals surface area contributed by atoms with Crippen molar-refractivity contribution in [2.45, 2.75) is 22.8 Å². The van der Waals surface area contributed by atoms with E-state index in [-0.39, 0.29) is 23.2 Å². The van der Waals surface area contributed by atoms with Gasteiger partial charge in [0.2, 0.25) is 0 Å². The molecule has 25 heavy (non-hydrogen) atoms. The topological polar surface area (TPSA) is 81.5 Å². The number of hydrogen-bond acceptors (Lipinski definition) is 5. The van der Waals surface area contributed by atoms with Crippen molar-refractivity contribution in [1.29, 1.82) is 0 Å². The molecule has 0 fully saturated rings. The van der Waals surface area contributed by atoms with E-state index in [2.05, 4.69) is 5.32 Å². The zero-order valence-corrected chi connectivity index (χ0v) is 15.3. The van der Waals surface area contributed by atoms with Crippen LogP contribution in [0.25, 0.3) is 0 Å². The van der Waals surface area contributed by atoms with Gasteiger partial charge in [0.1, 0.15) is 0 Å². The smallest absolute Gasteiger partial charge is 0.284 e. The van der Waals surface area contributed by atoms with Crippen molar-refractivity contribution in [2.24, 2.45) is 0 Å². The van der Waals surface area contributed by atoms with Crippen LogP contribution in [0.4, 0.5) is 5.69 Å². The van der Waals surface area contributed by atoms with E-state index in [1.54, 1.807) is 43.3 Å². The fourth-order valence-corrected chi connectivity index (χ4v) is 3.14. The summed E-state index contributed by atoms with van der Waals surface area (Å²) in [6, 6.07) is 11.2. The Morgan fingerprint density at radius 2 is 2.00 bits per heavy atom. The first kappa shape index (κ1) is 19.2. The Balaban J connectivity index is 2.23. The highest BCUT2D eigenvalue weighted by Crippen LogP contribution is 2.35. The summed E-state index contributed by atoms with van der Waals surface area (Å²) in [4.78, 5) is 24.4. The standard InChI is InChI=1S/C17H17ClN2O4S/c1-11(10-24-2)19-17(21)12-3-8-16(15(9-12)20(22)23)25-14-6-4-13(18)5-7-14/h3-9,11H,10H2,1-2H3,(H,19,21). The van der Waals surface area contributed by atoms with Gasteiger partial charge >= 0.3 is 0 Å². The third-order valence-electron chi connectivity index (χ3n) is 3.25. The number of nitro groups is 1. The number of nitro benzene ring substituents is 1. The van der Waals surface area contributed by atoms with Crippen LogP contribution < -0.4 is 5.32 Å². The summed E-state index contributed by atoms with van der Waals surface area (Å²) < 4.78 is 4.96. The molecule has 0 radical (unpaired) electrons. The number of ether oxygens (including phenoxy) is 1. The lowest BCUT2D eigenvalue weighted by molar-refractivity contribution is -0.387. The predicted molar refractivity (Wildman–Crippen MR) is 97.5 cm³/mol. The average Bonchev–Trinajstić information content (AvgIpc) is 2.57. The van der Waals surface area contributed by atoms with Crippen LogP contribution in [0, 0.1) is 10.1 Å². The molecule has 0 aliphatic heterocycles. The van der Waals surface area contributed by atoms with E-state index in [1.165, 1.54) is 24.9 Å². The van der Waals surface area contributed by atoms with Gasteiger partial charge in [-0.25, -0.2) is 0 Å². The second kappa shape index (κ2) is 8.84. The van der Waals surface area contributed by atoms with Gasteiger partial charge in [-0.15, -0.1) is 0 Å². The first-order chi connectivity index (χ1) is 11.9. The van der Waals surface area contributed by atoms with Gasteiger partial charge in [-0.3, -0.25) is 14.9 Å². The highest BCUT2D eigenvalue weighted by Gasteiger charge is 2.19. The van der Waals surface area contributed by atoms with Gasteiger partial charge in [0.05, 0.1) is 16.4 Å². The van der Waals surface area contributed by atoms with E-state index < -0.39 is 4.92 Å². The Bertz CT molecular complexity index is 768. The molecule has 0 bridgehead atoms. The lowest BCUT2D eigenvalue weighted by Gasteiger charge is -2.13. The molecular formula is C17H17ClN2O4S. The van der Waals surface area contributed by atoms with Crippen LogP contribution in [-0.2, 0) is 4.74 Å². The van der Waals surface area contributed by atoms with Crippen molar-refractivity contribution in [3.63, 3.8) is 0 Å². The third-order valence-corrected chi connectivity index (χ3v) is 4.58. The molecule has 1 amide bonds. The molecule has 132 valence electrons. The highest BCUT2D eigenvalue weighted by molar-refractivity contribution is 7.99. The van der Waals surface area contributed by atoms with Crippen LogP contribution in [0.3, 0.4) is 0 Å². The lowest BCUT2D eigenvalue weighted by atomic mass is 10.2. The van der Waals surface area contributed by atoms with Crippen LogP contribution in [0.15, 0.2) is 52.3 Å². The second-order valence-electron chi connectivity index (χ2n) is 5.33. The van der Waals surface area contributed by atoms with Crippen LogP contribution in [0.2, 0.25) is 5.02 Å². The predicted octanol–water partition coefficient (Wildman–Crippen LogP) is 4.16. The molecule has 2 aromatic rings. The van der Waals surface area contributed by atoms with Crippen molar-refractivity contribution in [3.05, 3.63) is 63.2 Å². The van der Waals surface area contributed by atoms with Gasteiger partial charge < -0.3 is 10.1 Å². The summed E-state index contributed by atoms with van der Waals surface area (Å²) in [6.45, 7) is 2.15. The molecule has 2 aromatic carbocycles. The van der Waals surface area contributed by atoms with Crippen LogP contribution in [-0.4, -0.2) is 30.6 Å². The Labute approximate surface area is 154 Å². The number of nitrogens with one attached hydrogen (secondary N) is 1. The molecule has 0 saturated heterocycles. The SMILES string of the molecule is COCC(C)NC(=O)c1ccc(Sc2ccc(Cl)cc2)c([N+](=O)[O-])c1. The summed E-state index contributed by atoms with van der Waals surface area (Å²) in [6.07, 6.45) is 0. The molecule has 0 aromatic heterocycles. The van der Waals surface area contributed by atoms with Crippen molar-refractivity contribution < 1.29 is 14.5 Å². The minimum absolute atomic E-state index is 0.119. The zero-order chi connectivity index (χ0) is 18.4. The van der Waals surface area contributed by atoms with Crippen molar-refractivity contribution >= 4 is 35.0 Å². The molecule has 0 saturated carbocycles. The Morgan fingerprint density at radius 1 is 1.32 bits per heavy atom. The summed E-state index contributed by atoms with van der Waals surface area (Å²) >= 11 is 7.09. The number of halogens is 1. The number of amides is 1. The second-order valence-corrected chi connectivity index (χ2v) is 6.88. The van der Waals surface area contributed by atoms with E-state index >= 15 is 0 Å². The number of carbonyl (C=O) groups is 1. The Morgan fingerprint density at radius 3 is 2.60 bits per heavy atom. The molecule has 1 N–H and O–H groups in total. The van der Waals surface area contributed by atoms with Crippen LogP contribution >= 0.6 is 23.4 Å². The number of nitrogens with zero attached hydrogens (tertiary/aromatic N) is 1. The maximum absolute atomic E-state index is 12.2. The maximum Gasteiger partial charge on any atom is 0.284 e. The molecule has 0 aliphatic carbocycles. The minimum atomic E-state index is -0.492. The van der Waals surface area contributed by atoms with Gasteiger partial charge in [-0.2, -0.15) is 0 Å².